The van der Waals surface area contributed by atoms with Crippen molar-refractivity contribution >= 4 is 17.4 Å². The van der Waals surface area contributed by atoms with Crippen molar-refractivity contribution in [2.24, 2.45) is 0 Å². The molecule has 0 unspecified atom stereocenters. The lowest BCUT2D eigenvalue weighted by molar-refractivity contribution is 0.102. The summed E-state index contributed by atoms with van der Waals surface area (Å²) in [5, 5.41) is 8.11. The second kappa shape index (κ2) is 4.20. The number of nitrogens with one attached hydrogen (secondary N) is 2. The van der Waals surface area contributed by atoms with Gasteiger partial charge in [-0.15, -0.1) is 0 Å². The van der Waals surface area contributed by atoms with Crippen molar-refractivity contribution in [1.82, 2.24) is 10.2 Å². The van der Waals surface area contributed by atoms with Crippen LogP contribution in [0.5, 0.6) is 0 Å². The number of rotatable bonds is 2. The molecule has 0 aliphatic heterocycles. The SMILES string of the molecule is Nc1[nH]ncc1C(=O)Nc1cccc(F)c1F. The van der Waals surface area contributed by atoms with Crippen molar-refractivity contribution in [3.05, 3.63) is 41.6 Å². The van der Waals surface area contributed by atoms with Crippen molar-refractivity contribution < 1.29 is 13.6 Å². The molecule has 0 spiro atoms. The summed E-state index contributed by atoms with van der Waals surface area (Å²) in [4.78, 5) is 11.6. The number of amides is 1. The summed E-state index contributed by atoms with van der Waals surface area (Å²) in [6.45, 7) is 0. The summed E-state index contributed by atoms with van der Waals surface area (Å²) in [5.74, 6) is -2.77. The third-order valence-electron chi connectivity index (χ3n) is 2.11. The van der Waals surface area contributed by atoms with Gasteiger partial charge in [-0.3, -0.25) is 9.89 Å². The van der Waals surface area contributed by atoms with Crippen LogP contribution in [-0.2, 0) is 0 Å². The van der Waals surface area contributed by atoms with Gasteiger partial charge in [0.15, 0.2) is 11.6 Å². The highest BCUT2D eigenvalue weighted by molar-refractivity contribution is 6.07. The monoisotopic (exact) mass is 238 g/mol. The van der Waals surface area contributed by atoms with Crippen molar-refractivity contribution in [2.45, 2.75) is 0 Å². The Hall–Kier alpha value is -2.44. The molecule has 2 aromatic rings. The Morgan fingerprint density at radius 2 is 2.18 bits per heavy atom. The summed E-state index contributed by atoms with van der Waals surface area (Å²) in [6, 6.07) is 3.48. The highest BCUT2D eigenvalue weighted by Gasteiger charge is 2.15. The van der Waals surface area contributed by atoms with Gasteiger partial charge in [-0.05, 0) is 12.1 Å². The molecule has 0 aliphatic rings. The van der Waals surface area contributed by atoms with E-state index in [0.717, 1.165) is 6.07 Å². The Morgan fingerprint density at radius 1 is 1.41 bits per heavy atom. The number of nitrogens with two attached hydrogens (primary N) is 1. The van der Waals surface area contributed by atoms with Crippen molar-refractivity contribution in [3.8, 4) is 0 Å². The number of hydrogen-bond acceptors (Lipinski definition) is 3. The van der Waals surface area contributed by atoms with Crippen LogP contribution in [0.4, 0.5) is 20.3 Å². The highest BCUT2D eigenvalue weighted by atomic mass is 19.2. The van der Waals surface area contributed by atoms with Crippen LogP contribution >= 0.6 is 0 Å². The molecule has 5 nitrogen and oxygen atoms in total. The molecule has 1 amide bonds. The van der Waals surface area contributed by atoms with E-state index in [-0.39, 0.29) is 17.1 Å². The fraction of sp³-hybridized carbons (Fsp3) is 0. The first kappa shape index (κ1) is 11.1. The van der Waals surface area contributed by atoms with E-state index in [1.807, 2.05) is 0 Å². The van der Waals surface area contributed by atoms with E-state index in [1.165, 1.54) is 18.3 Å². The number of H-pyrrole nitrogens is 1. The minimum Gasteiger partial charge on any atom is -0.383 e. The second-order valence-electron chi connectivity index (χ2n) is 3.25. The van der Waals surface area contributed by atoms with Crippen molar-refractivity contribution in [2.75, 3.05) is 11.1 Å². The van der Waals surface area contributed by atoms with Gasteiger partial charge in [0.25, 0.3) is 5.91 Å². The number of aromatic amines is 1. The topological polar surface area (TPSA) is 83.8 Å². The van der Waals surface area contributed by atoms with Crippen LogP contribution < -0.4 is 11.1 Å². The molecule has 1 aromatic carbocycles. The summed E-state index contributed by atoms with van der Waals surface area (Å²) in [5.41, 5.74) is 5.23. The van der Waals surface area contributed by atoms with E-state index in [2.05, 4.69) is 15.5 Å². The number of benzene rings is 1. The third kappa shape index (κ3) is 2.07. The standard InChI is InChI=1S/C10H8F2N4O/c11-6-2-1-3-7(8(6)12)15-10(17)5-4-14-16-9(5)13/h1-4H,(H,15,17)(H3,13,14,16). The average Bonchev–Trinajstić information content (AvgIpc) is 2.71. The highest BCUT2D eigenvalue weighted by Crippen LogP contribution is 2.18. The molecule has 0 fully saturated rings. The fourth-order valence-electron chi connectivity index (χ4n) is 1.27. The van der Waals surface area contributed by atoms with Crippen LogP contribution in [-0.4, -0.2) is 16.1 Å². The van der Waals surface area contributed by atoms with E-state index in [0.29, 0.717) is 0 Å². The molecule has 0 aliphatic carbocycles. The zero-order chi connectivity index (χ0) is 12.4. The zero-order valence-corrected chi connectivity index (χ0v) is 8.50. The fourth-order valence-corrected chi connectivity index (χ4v) is 1.27. The predicted molar refractivity (Wildman–Crippen MR) is 57.3 cm³/mol. The number of aromatic nitrogens is 2. The first-order valence-electron chi connectivity index (χ1n) is 4.64. The summed E-state index contributed by atoms with van der Waals surface area (Å²) in [6.07, 6.45) is 1.20. The van der Waals surface area contributed by atoms with Gasteiger partial charge in [0.2, 0.25) is 0 Å². The van der Waals surface area contributed by atoms with Crippen LogP contribution in [0.1, 0.15) is 10.4 Å². The molecule has 7 heteroatoms. The Morgan fingerprint density at radius 3 is 2.82 bits per heavy atom. The first-order chi connectivity index (χ1) is 8.09. The summed E-state index contributed by atoms with van der Waals surface area (Å²) in [7, 11) is 0. The summed E-state index contributed by atoms with van der Waals surface area (Å²) < 4.78 is 26.1. The van der Waals surface area contributed by atoms with Gasteiger partial charge < -0.3 is 11.1 Å². The maximum absolute atomic E-state index is 13.3. The lowest BCUT2D eigenvalue weighted by Gasteiger charge is -2.05. The maximum atomic E-state index is 13.3. The van der Waals surface area contributed by atoms with Crippen molar-refractivity contribution in [3.63, 3.8) is 0 Å². The van der Waals surface area contributed by atoms with Gasteiger partial charge in [-0.25, -0.2) is 8.78 Å². The van der Waals surface area contributed by atoms with E-state index < -0.39 is 17.5 Å². The lowest BCUT2D eigenvalue weighted by atomic mass is 10.2. The van der Waals surface area contributed by atoms with Gasteiger partial charge in [-0.1, -0.05) is 6.07 Å². The van der Waals surface area contributed by atoms with E-state index in [4.69, 9.17) is 5.73 Å². The van der Waals surface area contributed by atoms with Crippen molar-refractivity contribution in [1.29, 1.82) is 0 Å². The normalized spacial score (nSPS) is 10.2. The smallest absolute Gasteiger partial charge is 0.261 e. The molecule has 2 rings (SSSR count). The predicted octanol–water partition coefficient (Wildman–Crippen LogP) is 1.52. The van der Waals surface area contributed by atoms with Crippen LogP contribution in [0.3, 0.4) is 0 Å². The first-order valence-corrected chi connectivity index (χ1v) is 4.64. The van der Waals surface area contributed by atoms with Crippen LogP contribution in [0, 0.1) is 11.6 Å². The number of carbonyl (C=O) groups is 1. The molecule has 4 N–H and O–H groups in total. The minimum absolute atomic E-state index is 0.0549. The Bertz CT molecular complexity index is 567. The number of halogens is 2. The minimum atomic E-state index is -1.12. The van der Waals surface area contributed by atoms with Gasteiger partial charge in [0.05, 0.1) is 11.9 Å². The Balaban J connectivity index is 2.25. The molecule has 88 valence electrons. The Kier molecular flexibility index (Phi) is 2.73. The molecular formula is C10H8F2N4O. The molecule has 0 radical (unpaired) electrons. The van der Waals surface area contributed by atoms with Gasteiger partial charge in [0, 0.05) is 0 Å². The third-order valence-corrected chi connectivity index (χ3v) is 2.11. The molecule has 0 bridgehead atoms. The van der Waals surface area contributed by atoms with Gasteiger partial charge >= 0.3 is 0 Å². The van der Waals surface area contributed by atoms with Crippen LogP contribution in [0.2, 0.25) is 0 Å². The number of nitrogens with zero attached hydrogens (tertiary/aromatic N) is 1. The average molecular weight is 238 g/mol. The molecule has 1 aromatic heterocycles. The largest absolute Gasteiger partial charge is 0.383 e. The van der Waals surface area contributed by atoms with E-state index in [9.17, 15) is 13.6 Å². The van der Waals surface area contributed by atoms with E-state index >= 15 is 0 Å². The number of carbonyl (C=O) groups excluding carboxylic acids is 1. The van der Waals surface area contributed by atoms with Crippen LogP contribution in [0.15, 0.2) is 24.4 Å². The van der Waals surface area contributed by atoms with Gasteiger partial charge in [0.1, 0.15) is 11.4 Å². The number of anilines is 2. The van der Waals surface area contributed by atoms with E-state index in [1.54, 1.807) is 0 Å². The molecule has 1 heterocycles. The lowest BCUT2D eigenvalue weighted by Crippen LogP contribution is -2.14. The number of hydrogen-bond donors (Lipinski definition) is 3. The molecular weight excluding hydrogens is 230 g/mol. The molecule has 0 saturated carbocycles. The van der Waals surface area contributed by atoms with Gasteiger partial charge in [-0.2, -0.15) is 5.10 Å². The molecule has 17 heavy (non-hydrogen) atoms. The molecule has 0 atom stereocenters. The molecule has 0 saturated heterocycles. The summed E-state index contributed by atoms with van der Waals surface area (Å²) >= 11 is 0. The zero-order valence-electron chi connectivity index (χ0n) is 8.50. The Labute approximate surface area is 94.6 Å². The second-order valence-corrected chi connectivity index (χ2v) is 3.25. The van der Waals surface area contributed by atoms with Crippen LogP contribution in [0.25, 0.3) is 0 Å². The quantitative estimate of drug-likeness (QED) is 0.741. The maximum Gasteiger partial charge on any atom is 0.261 e. The number of nitrogen functional groups attached to an aromatic ring is 1.